The summed E-state index contributed by atoms with van der Waals surface area (Å²) >= 11 is 0. The van der Waals surface area contributed by atoms with E-state index in [1.807, 2.05) is 48.5 Å². The molecule has 1 amide bonds. The lowest BCUT2D eigenvalue weighted by molar-refractivity contribution is -0.142. The molecule has 6 rings (SSSR count). The van der Waals surface area contributed by atoms with Crippen LogP contribution in [-0.4, -0.2) is 30.3 Å². The van der Waals surface area contributed by atoms with Crippen molar-refractivity contribution in [2.24, 2.45) is 0 Å². The highest BCUT2D eigenvalue weighted by atomic mass is 19.4. The van der Waals surface area contributed by atoms with Crippen LogP contribution < -0.4 is 10.1 Å². The molecule has 0 aliphatic rings. The van der Waals surface area contributed by atoms with Crippen LogP contribution in [-0.2, 0) is 19.3 Å². The van der Waals surface area contributed by atoms with Gasteiger partial charge in [0.2, 0.25) is 0 Å². The van der Waals surface area contributed by atoms with Gasteiger partial charge in [-0.25, -0.2) is 14.2 Å². The van der Waals surface area contributed by atoms with Crippen molar-refractivity contribution in [1.29, 1.82) is 0 Å². The Morgan fingerprint density at radius 2 is 1.76 bits per heavy atom. The summed E-state index contributed by atoms with van der Waals surface area (Å²) in [6.07, 6.45) is 0.238. The summed E-state index contributed by atoms with van der Waals surface area (Å²) in [6, 6.07) is 21.3. The molecule has 6 aromatic rings. The number of amides is 1. The van der Waals surface area contributed by atoms with Crippen molar-refractivity contribution >= 4 is 28.0 Å². The van der Waals surface area contributed by atoms with Crippen LogP contribution in [0.2, 0.25) is 0 Å². The van der Waals surface area contributed by atoms with Crippen LogP contribution in [0.5, 0.6) is 5.75 Å². The first kappa shape index (κ1) is 26.1. The molecule has 11 heteroatoms. The number of anilines is 1. The van der Waals surface area contributed by atoms with Crippen molar-refractivity contribution in [1.82, 2.24) is 24.4 Å². The Morgan fingerprint density at radius 3 is 2.54 bits per heavy atom. The third kappa shape index (κ3) is 5.21. The van der Waals surface area contributed by atoms with E-state index < -0.39 is 17.8 Å². The van der Waals surface area contributed by atoms with Crippen molar-refractivity contribution in [2.75, 3.05) is 5.32 Å². The number of hydrogen-bond donors (Lipinski definition) is 1. The van der Waals surface area contributed by atoms with Crippen molar-refractivity contribution in [3.63, 3.8) is 0 Å². The van der Waals surface area contributed by atoms with Crippen LogP contribution in [0.25, 0.3) is 27.7 Å². The summed E-state index contributed by atoms with van der Waals surface area (Å²) in [5.41, 5.74) is 0.739. The summed E-state index contributed by atoms with van der Waals surface area (Å²) in [5.74, 6) is -0.00509. The molecule has 0 spiro atoms. The molecule has 8 nitrogen and oxygen atoms in total. The number of halogens is 3. The van der Waals surface area contributed by atoms with E-state index in [1.54, 1.807) is 24.4 Å². The molecule has 0 saturated heterocycles. The number of aryl methyl sites for hydroxylation is 1. The Hall–Kier alpha value is -5.19. The predicted octanol–water partition coefficient (Wildman–Crippen LogP) is 6.62. The topological polar surface area (TPSA) is 86.3 Å². The molecule has 0 aliphatic heterocycles. The fourth-order valence-electron chi connectivity index (χ4n) is 4.57. The van der Waals surface area contributed by atoms with Gasteiger partial charge in [-0.15, -0.1) is 0 Å². The van der Waals surface area contributed by atoms with Gasteiger partial charge in [0.15, 0.2) is 18.1 Å². The zero-order chi connectivity index (χ0) is 28.6. The van der Waals surface area contributed by atoms with Gasteiger partial charge in [0, 0.05) is 5.56 Å². The second-order valence-electron chi connectivity index (χ2n) is 9.34. The average molecular weight is 557 g/mol. The zero-order valence-electron chi connectivity index (χ0n) is 21.8. The van der Waals surface area contributed by atoms with E-state index in [-0.39, 0.29) is 23.6 Å². The lowest BCUT2D eigenvalue weighted by atomic mass is 10.0. The molecule has 0 unspecified atom stereocenters. The molecular formula is C30H23F3N6O2. The zero-order valence-corrected chi connectivity index (χ0v) is 21.8. The molecular weight excluding hydrogens is 533 g/mol. The first-order valence-corrected chi connectivity index (χ1v) is 12.8. The lowest BCUT2D eigenvalue weighted by Gasteiger charge is -2.13. The Balaban J connectivity index is 1.29. The van der Waals surface area contributed by atoms with Crippen LogP contribution in [0.3, 0.4) is 0 Å². The summed E-state index contributed by atoms with van der Waals surface area (Å²) in [4.78, 5) is 17.7. The highest BCUT2D eigenvalue weighted by Crippen LogP contribution is 2.35. The van der Waals surface area contributed by atoms with Gasteiger partial charge in [-0.1, -0.05) is 61.5 Å². The first-order valence-electron chi connectivity index (χ1n) is 12.8. The first-order chi connectivity index (χ1) is 19.8. The van der Waals surface area contributed by atoms with Gasteiger partial charge in [0.25, 0.3) is 5.91 Å². The minimum absolute atomic E-state index is 0.0770. The molecule has 0 radical (unpaired) electrons. The summed E-state index contributed by atoms with van der Waals surface area (Å²) < 4.78 is 50.2. The second kappa shape index (κ2) is 10.4. The maximum absolute atomic E-state index is 14.1. The van der Waals surface area contributed by atoms with E-state index in [0.29, 0.717) is 21.5 Å². The second-order valence-corrected chi connectivity index (χ2v) is 9.34. The van der Waals surface area contributed by atoms with E-state index in [0.717, 1.165) is 29.5 Å². The molecule has 0 atom stereocenters. The molecule has 0 aliphatic carbocycles. The van der Waals surface area contributed by atoms with E-state index in [9.17, 15) is 18.0 Å². The molecule has 3 aromatic heterocycles. The third-order valence-corrected chi connectivity index (χ3v) is 6.66. The van der Waals surface area contributed by atoms with Crippen molar-refractivity contribution < 1.29 is 22.7 Å². The lowest BCUT2D eigenvalue weighted by Crippen LogP contribution is -2.15. The van der Waals surface area contributed by atoms with E-state index >= 15 is 0 Å². The summed E-state index contributed by atoms with van der Waals surface area (Å²) in [6.45, 7) is 2.17. The number of fused-ring (bicyclic) bond motifs is 2. The van der Waals surface area contributed by atoms with Gasteiger partial charge in [-0.05, 0) is 41.0 Å². The predicted molar refractivity (Wildman–Crippen MR) is 148 cm³/mol. The number of carbonyl (C=O) groups is 1. The summed E-state index contributed by atoms with van der Waals surface area (Å²) in [5, 5.41) is 12.3. The molecule has 206 valence electrons. The highest BCUT2D eigenvalue weighted by Gasteiger charge is 2.36. The number of aromatic nitrogens is 5. The monoisotopic (exact) mass is 556 g/mol. The fraction of sp³-hybridized carbons (Fsp3) is 0.133. The Labute approximate surface area is 232 Å². The quantitative estimate of drug-likeness (QED) is 0.239. The molecule has 0 saturated carbocycles. The van der Waals surface area contributed by atoms with Crippen LogP contribution >= 0.6 is 0 Å². The van der Waals surface area contributed by atoms with E-state index in [2.05, 4.69) is 27.4 Å². The number of benzene rings is 3. The Morgan fingerprint density at radius 1 is 0.976 bits per heavy atom. The van der Waals surface area contributed by atoms with Gasteiger partial charge < -0.3 is 10.1 Å². The van der Waals surface area contributed by atoms with Crippen molar-refractivity contribution in [2.45, 2.75) is 26.3 Å². The number of nitrogens with one attached hydrogen (secondary N) is 1. The number of ether oxygens (including phenoxy) is 1. The normalized spacial score (nSPS) is 11.7. The summed E-state index contributed by atoms with van der Waals surface area (Å²) in [7, 11) is 0. The standard InChI is InChI=1S/C30H23F3N6O2/c1-2-19-10-12-22(13-11-19)41-18-38-17-21(15-34-38)36-29(40)25-16-35-39-27(30(31,32)33)14-26(37-28(25)39)24-9-5-7-20-6-3-4-8-23(20)24/h3-17H,2,18H2,1H3,(H,36,40). The minimum Gasteiger partial charge on any atom is -0.471 e. The third-order valence-electron chi connectivity index (χ3n) is 6.66. The molecule has 41 heavy (non-hydrogen) atoms. The van der Waals surface area contributed by atoms with Gasteiger partial charge in [0.05, 0.1) is 30.0 Å². The Kier molecular flexibility index (Phi) is 6.62. The van der Waals surface area contributed by atoms with Gasteiger partial charge in [-0.3, -0.25) is 4.79 Å². The van der Waals surface area contributed by atoms with E-state index in [1.165, 1.54) is 16.4 Å². The largest absolute Gasteiger partial charge is 0.471 e. The maximum Gasteiger partial charge on any atom is 0.433 e. The molecule has 3 aromatic carbocycles. The van der Waals surface area contributed by atoms with Crippen LogP contribution in [0.1, 0.15) is 28.5 Å². The molecule has 1 N–H and O–H groups in total. The minimum atomic E-state index is -4.74. The molecule has 0 bridgehead atoms. The number of hydrogen-bond acceptors (Lipinski definition) is 5. The number of rotatable bonds is 7. The number of carbonyl (C=O) groups excluding carboxylic acids is 1. The smallest absolute Gasteiger partial charge is 0.433 e. The van der Waals surface area contributed by atoms with Gasteiger partial charge in [-0.2, -0.15) is 23.4 Å². The fourth-order valence-corrected chi connectivity index (χ4v) is 4.57. The van der Waals surface area contributed by atoms with E-state index in [4.69, 9.17) is 4.74 Å². The maximum atomic E-state index is 14.1. The van der Waals surface area contributed by atoms with Gasteiger partial charge >= 0.3 is 6.18 Å². The van der Waals surface area contributed by atoms with Crippen molar-refractivity contribution in [3.8, 4) is 17.0 Å². The average Bonchev–Trinajstić information content (AvgIpc) is 3.62. The number of alkyl halides is 3. The van der Waals surface area contributed by atoms with Crippen LogP contribution in [0, 0.1) is 0 Å². The van der Waals surface area contributed by atoms with Crippen LogP contribution in [0.15, 0.2) is 91.4 Å². The number of nitrogens with zero attached hydrogens (tertiary/aromatic N) is 5. The highest BCUT2D eigenvalue weighted by molar-refractivity contribution is 6.08. The molecule has 3 heterocycles. The Bertz CT molecular complexity index is 1870. The SMILES string of the molecule is CCc1ccc(OCn2cc(NC(=O)c3cnn4c(C(F)(F)F)cc(-c5cccc6ccccc56)nc34)cn2)cc1. The van der Waals surface area contributed by atoms with Crippen LogP contribution in [0.4, 0.5) is 18.9 Å². The van der Waals surface area contributed by atoms with Crippen molar-refractivity contribution in [3.05, 3.63) is 108 Å². The molecule has 0 fully saturated rings. The van der Waals surface area contributed by atoms with Gasteiger partial charge in [0.1, 0.15) is 11.3 Å².